The summed E-state index contributed by atoms with van der Waals surface area (Å²) in [5.74, 6) is -1.68. The molecule has 0 radical (unpaired) electrons. The summed E-state index contributed by atoms with van der Waals surface area (Å²) in [6.07, 6.45) is 0. The van der Waals surface area contributed by atoms with Crippen LogP contribution in [0.3, 0.4) is 0 Å². The average molecular weight is 298 g/mol. The largest absolute Gasteiger partial charge is 0.503 e. The summed E-state index contributed by atoms with van der Waals surface area (Å²) >= 11 is 0. The van der Waals surface area contributed by atoms with Crippen LogP contribution >= 0.6 is 0 Å². The summed E-state index contributed by atoms with van der Waals surface area (Å²) in [7, 11) is 0. The Labute approximate surface area is 123 Å². The minimum atomic E-state index is -1.23. The van der Waals surface area contributed by atoms with Crippen molar-refractivity contribution in [3.05, 3.63) is 27.7 Å². The monoisotopic (exact) mass is 298 g/mol. The van der Waals surface area contributed by atoms with Crippen LogP contribution in [0.2, 0.25) is 0 Å². The molecule has 1 atom stereocenters. The van der Waals surface area contributed by atoms with Crippen LogP contribution in [0.15, 0.2) is 10.9 Å². The number of carbonyl (C=O) groups is 1. The maximum Gasteiger partial charge on any atom is 0.329 e. The molecule has 0 bridgehead atoms. The van der Waals surface area contributed by atoms with Crippen LogP contribution in [-0.4, -0.2) is 50.5 Å². The number of aryl methyl sites for hydroxylation is 1. The van der Waals surface area contributed by atoms with E-state index in [1.165, 1.54) is 10.6 Å². The Balaban J connectivity index is 3.50. The van der Waals surface area contributed by atoms with Gasteiger partial charge in [-0.3, -0.25) is 9.69 Å². The highest BCUT2D eigenvalue weighted by Gasteiger charge is 2.25. The molecule has 0 spiro atoms. The first-order chi connectivity index (χ1) is 9.87. The molecule has 0 amide bonds. The van der Waals surface area contributed by atoms with E-state index in [0.717, 1.165) is 0 Å². The number of nitrogens with zero attached hydrogens (tertiary/aromatic N) is 2. The third-order valence-corrected chi connectivity index (χ3v) is 3.55. The topological polar surface area (TPSA) is 103 Å². The normalized spacial score (nSPS) is 12.6. The Morgan fingerprint density at radius 1 is 1.38 bits per heavy atom. The number of aromatic nitrogens is 1. The number of aliphatic hydroxyl groups is 1. The zero-order chi connectivity index (χ0) is 16.2. The standard InChI is InChI=1S/C14H22N2O5/c1-4-15(5-2)7-10-13(19)12(18)6-9(3)16(10)11(8-17)14(20)21/h6,11,17,19H,4-5,7-8H2,1-3H3,(H,20,21). The minimum absolute atomic E-state index is 0.213. The van der Waals surface area contributed by atoms with Crippen molar-refractivity contribution in [1.82, 2.24) is 9.47 Å². The molecule has 1 heterocycles. The van der Waals surface area contributed by atoms with E-state index in [1.54, 1.807) is 6.92 Å². The Bertz CT molecular complexity index is 563. The highest BCUT2D eigenvalue weighted by Crippen LogP contribution is 2.21. The first kappa shape index (κ1) is 17.2. The molecule has 0 aliphatic carbocycles. The summed E-state index contributed by atoms with van der Waals surface area (Å²) in [4.78, 5) is 25.0. The average Bonchev–Trinajstić information content (AvgIpc) is 2.44. The van der Waals surface area contributed by atoms with Gasteiger partial charge in [0.05, 0.1) is 12.3 Å². The Kier molecular flexibility index (Phi) is 5.92. The van der Waals surface area contributed by atoms with Crippen molar-refractivity contribution in [2.24, 2.45) is 0 Å². The molecule has 21 heavy (non-hydrogen) atoms. The molecule has 7 nitrogen and oxygen atoms in total. The highest BCUT2D eigenvalue weighted by atomic mass is 16.4. The van der Waals surface area contributed by atoms with Gasteiger partial charge in [-0.15, -0.1) is 0 Å². The third-order valence-electron chi connectivity index (χ3n) is 3.55. The zero-order valence-corrected chi connectivity index (χ0v) is 12.5. The molecule has 3 N–H and O–H groups in total. The van der Waals surface area contributed by atoms with E-state index in [2.05, 4.69) is 0 Å². The van der Waals surface area contributed by atoms with Crippen molar-refractivity contribution < 1.29 is 20.1 Å². The van der Waals surface area contributed by atoms with Crippen molar-refractivity contribution in [3.8, 4) is 5.75 Å². The number of rotatable bonds is 7. The van der Waals surface area contributed by atoms with Crippen LogP contribution in [0.5, 0.6) is 5.75 Å². The van der Waals surface area contributed by atoms with Crippen LogP contribution in [0.1, 0.15) is 31.3 Å². The van der Waals surface area contributed by atoms with Crippen molar-refractivity contribution in [2.75, 3.05) is 19.7 Å². The molecule has 1 aromatic rings. The molecule has 1 rings (SSSR count). The number of carboxylic acid groups (broad SMARTS) is 1. The molecule has 1 aromatic heterocycles. The summed E-state index contributed by atoms with van der Waals surface area (Å²) in [5, 5.41) is 28.6. The first-order valence-electron chi connectivity index (χ1n) is 6.87. The van der Waals surface area contributed by atoms with E-state index in [0.29, 0.717) is 18.8 Å². The number of pyridine rings is 1. The van der Waals surface area contributed by atoms with Crippen LogP contribution in [0.25, 0.3) is 0 Å². The fourth-order valence-electron chi connectivity index (χ4n) is 2.31. The van der Waals surface area contributed by atoms with E-state index >= 15 is 0 Å². The van der Waals surface area contributed by atoms with Crippen molar-refractivity contribution in [1.29, 1.82) is 0 Å². The van der Waals surface area contributed by atoms with E-state index in [4.69, 9.17) is 0 Å². The number of hydrogen-bond donors (Lipinski definition) is 3. The van der Waals surface area contributed by atoms with Crippen molar-refractivity contribution >= 4 is 5.97 Å². The van der Waals surface area contributed by atoms with Crippen molar-refractivity contribution in [2.45, 2.75) is 33.4 Å². The Morgan fingerprint density at radius 2 is 1.95 bits per heavy atom. The molecule has 118 valence electrons. The Hall–Kier alpha value is -1.86. The van der Waals surface area contributed by atoms with Gasteiger partial charge in [0.2, 0.25) is 5.43 Å². The van der Waals surface area contributed by atoms with Gasteiger partial charge in [-0.05, 0) is 20.0 Å². The molecular weight excluding hydrogens is 276 g/mol. The lowest BCUT2D eigenvalue weighted by Gasteiger charge is -2.26. The van der Waals surface area contributed by atoms with E-state index < -0.39 is 29.8 Å². The molecular formula is C14H22N2O5. The molecule has 7 heteroatoms. The second kappa shape index (κ2) is 7.24. The molecule has 0 aromatic carbocycles. The van der Waals surface area contributed by atoms with Gasteiger partial charge >= 0.3 is 5.97 Å². The maximum atomic E-state index is 11.8. The lowest BCUT2D eigenvalue weighted by atomic mass is 10.2. The van der Waals surface area contributed by atoms with E-state index in [1.807, 2.05) is 18.7 Å². The summed E-state index contributed by atoms with van der Waals surface area (Å²) < 4.78 is 1.32. The van der Waals surface area contributed by atoms with E-state index in [-0.39, 0.29) is 12.2 Å². The van der Waals surface area contributed by atoms with Crippen LogP contribution in [0.4, 0.5) is 0 Å². The fraction of sp³-hybridized carbons (Fsp3) is 0.571. The van der Waals surface area contributed by atoms with Gasteiger partial charge in [0.1, 0.15) is 0 Å². The van der Waals surface area contributed by atoms with Gasteiger partial charge < -0.3 is 19.9 Å². The molecule has 0 fully saturated rings. The molecule has 0 aliphatic rings. The molecule has 1 unspecified atom stereocenters. The van der Waals surface area contributed by atoms with Crippen LogP contribution in [-0.2, 0) is 11.3 Å². The lowest BCUT2D eigenvalue weighted by molar-refractivity contribution is -0.142. The second-order valence-electron chi connectivity index (χ2n) is 4.81. The predicted octanol–water partition coefficient (Wildman–Crippen LogP) is 0.322. The van der Waals surface area contributed by atoms with Gasteiger partial charge in [0, 0.05) is 18.3 Å². The lowest BCUT2D eigenvalue weighted by Crippen LogP contribution is -2.32. The quantitative estimate of drug-likeness (QED) is 0.670. The predicted molar refractivity (Wildman–Crippen MR) is 77.5 cm³/mol. The SMILES string of the molecule is CCN(CC)Cc1c(O)c(=O)cc(C)n1C(CO)C(=O)O. The molecule has 0 saturated heterocycles. The Morgan fingerprint density at radius 3 is 2.38 bits per heavy atom. The summed E-state index contributed by atoms with van der Waals surface area (Å²) in [6, 6.07) is -0.0609. The van der Waals surface area contributed by atoms with Crippen LogP contribution in [0, 0.1) is 6.92 Å². The number of carboxylic acids is 1. The van der Waals surface area contributed by atoms with Gasteiger partial charge in [-0.25, -0.2) is 4.79 Å². The van der Waals surface area contributed by atoms with Gasteiger partial charge in [0.15, 0.2) is 11.8 Å². The van der Waals surface area contributed by atoms with Gasteiger partial charge in [-0.2, -0.15) is 0 Å². The van der Waals surface area contributed by atoms with Crippen molar-refractivity contribution in [3.63, 3.8) is 0 Å². The van der Waals surface area contributed by atoms with E-state index in [9.17, 15) is 24.9 Å². The number of aliphatic carboxylic acids is 1. The van der Waals surface area contributed by atoms with Crippen LogP contribution < -0.4 is 5.43 Å². The fourth-order valence-corrected chi connectivity index (χ4v) is 2.31. The maximum absolute atomic E-state index is 11.8. The smallest absolute Gasteiger partial charge is 0.329 e. The number of aromatic hydroxyl groups is 1. The number of aliphatic hydroxyl groups excluding tert-OH is 1. The molecule has 0 saturated carbocycles. The van der Waals surface area contributed by atoms with Gasteiger partial charge in [-0.1, -0.05) is 13.8 Å². The van der Waals surface area contributed by atoms with Gasteiger partial charge in [0.25, 0.3) is 0 Å². The first-order valence-corrected chi connectivity index (χ1v) is 6.87. The highest BCUT2D eigenvalue weighted by molar-refractivity contribution is 5.72. The third kappa shape index (κ3) is 3.62. The summed E-state index contributed by atoms with van der Waals surface area (Å²) in [5.41, 5.74) is 0.0551. The minimum Gasteiger partial charge on any atom is -0.503 e. The zero-order valence-electron chi connectivity index (χ0n) is 12.5. The summed E-state index contributed by atoms with van der Waals surface area (Å²) in [6.45, 7) is 6.43. The second-order valence-corrected chi connectivity index (χ2v) is 4.81. The molecule has 0 aliphatic heterocycles. The number of hydrogen-bond acceptors (Lipinski definition) is 5.